The average molecular weight is 232 g/mol. The maximum Gasteiger partial charge on any atom is 0.124 e. The molecule has 0 aromatic heterocycles. The standard InChI is InChI=1S/C14H20N2O/c1-17-13-8-11(15)14(12-6-3-7-16-12)10-5-2-4-9(10)13/h8,12,16H,2-7,15H2,1H3/t12-/m0/s1. The van der Waals surface area contributed by atoms with Crippen molar-refractivity contribution in [2.45, 2.75) is 38.1 Å². The molecule has 3 N–H and O–H groups in total. The van der Waals surface area contributed by atoms with E-state index in [0.717, 1.165) is 30.8 Å². The number of hydrogen-bond donors (Lipinski definition) is 2. The van der Waals surface area contributed by atoms with Crippen molar-refractivity contribution in [3.05, 3.63) is 22.8 Å². The van der Waals surface area contributed by atoms with Crippen molar-refractivity contribution >= 4 is 5.69 Å². The topological polar surface area (TPSA) is 47.3 Å². The van der Waals surface area contributed by atoms with E-state index in [1.54, 1.807) is 7.11 Å². The molecule has 0 unspecified atom stereocenters. The van der Waals surface area contributed by atoms with Crippen LogP contribution in [0.1, 0.15) is 42.0 Å². The molecule has 3 nitrogen and oxygen atoms in total. The fourth-order valence-electron chi connectivity index (χ4n) is 3.32. The Balaban J connectivity index is 2.11. The smallest absolute Gasteiger partial charge is 0.124 e. The second-order valence-corrected chi connectivity index (χ2v) is 5.04. The molecule has 0 spiro atoms. The molecule has 0 bridgehead atoms. The van der Waals surface area contributed by atoms with Gasteiger partial charge in [0.2, 0.25) is 0 Å². The summed E-state index contributed by atoms with van der Waals surface area (Å²) in [5.74, 6) is 0.983. The molecular weight excluding hydrogens is 212 g/mol. The van der Waals surface area contributed by atoms with E-state index in [1.807, 2.05) is 6.07 Å². The first-order valence-electron chi connectivity index (χ1n) is 6.52. The van der Waals surface area contributed by atoms with Crippen LogP contribution in [0, 0.1) is 0 Å². The van der Waals surface area contributed by atoms with Gasteiger partial charge in [-0.1, -0.05) is 0 Å². The van der Waals surface area contributed by atoms with E-state index in [1.165, 1.54) is 36.0 Å². The summed E-state index contributed by atoms with van der Waals surface area (Å²) in [5, 5.41) is 3.56. The van der Waals surface area contributed by atoms with Gasteiger partial charge in [-0.3, -0.25) is 0 Å². The lowest BCUT2D eigenvalue weighted by atomic mass is 9.94. The number of methoxy groups -OCH3 is 1. The number of fused-ring (bicyclic) bond motifs is 1. The third-order valence-corrected chi connectivity index (χ3v) is 4.07. The predicted octanol–water partition coefficient (Wildman–Crippen LogP) is 2.19. The Labute approximate surface area is 102 Å². The fourth-order valence-corrected chi connectivity index (χ4v) is 3.32. The molecule has 1 aliphatic carbocycles. The maximum absolute atomic E-state index is 6.23. The fraction of sp³-hybridized carbons (Fsp3) is 0.571. The van der Waals surface area contributed by atoms with E-state index >= 15 is 0 Å². The van der Waals surface area contributed by atoms with Crippen LogP contribution in [0.15, 0.2) is 6.07 Å². The summed E-state index contributed by atoms with van der Waals surface area (Å²) < 4.78 is 5.46. The highest BCUT2D eigenvalue weighted by atomic mass is 16.5. The highest BCUT2D eigenvalue weighted by molar-refractivity contribution is 5.62. The van der Waals surface area contributed by atoms with Crippen molar-refractivity contribution in [1.82, 2.24) is 5.32 Å². The van der Waals surface area contributed by atoms with E-state index in [2.05, 4.69) is 5.32 Å². The molecule has 1 aliphatic heterocycles. The minimum absolute atomic E-state index is 0.466. The molecule has 3 heteroatoms. The normalized spacial score (nSPS) is 22.8. The van der Waals surface area contributed by atoms with Crippen molar-refractivity contribution in [1.29, 1.82) is 0 Å². The number of hydrogen-bond acceptors (Lipinski definition) is 3. The van der Waals surface area contributed by atoms with Crippen LogP contribution in [0.25, 0.3) is 0 Å². The van der Waals surface area contributed by atoms with Crippen LogP contribution in [-0.2, 0) is 12.8 Å². The van der Waals surface area contributed by atoms with Gasteiger partial charge in [0.25, 0.3) is 0 Å². The van der Waals surface area contributed by atoms with Crippen molar-refractivity contribution < 1.29 is 4.74 Å². The zero-order valence-corrected chi connectivity index (χ0v) is 10.4. The summed E-state index contributed by atoms with van der Waals surface area (Å²) in [6.45, 7) is 1.12. The lowest BCUT2D eigenvalue weighted by Crippen LogP contribution is -2.17. The van der Waals surface area contributed by atoms with Crippen molar-refractivity contribution in [2.24, 2.45) is 0 Å². The largest absolute Gasteiger partial charge is 0.496 e. The van der Waals surface area contributed by atoms with Crippen LogP contribution in [0.5, 0.6) is 5.75 Å². The zero-order valence-electron chi connectivity index (χ0n) is 10.4. The summed E-state index contributed by atoms with van der Waals surface area (Å²) >= 11 is 0. The molecule has 1 heterocycles. The van der Waals surface area contributed by atoms with Crippen LogP contribution in [0.4, 0.5) is 5.69 Å². The highest BCUT2D eigenvalue weighted by Gasteiger charge is 2.27. The van der Waals surface area contributed by atoms with E-state index in [9.17, 15) is 0 Å². The zero-order chi connectivity index (χ0) is 11.8. The monoisotopic (exact) mass is 232 g/mol. The third kappa shape index (κ3) is 1.69. The summed E-state index contributed by atoms with van der Waals surface area (Å²) in [6.07, 6.45) is 5.99. The molecule has 92 valence electrons. The van der Waals surface area contributed by atoms with Crippen LogP contribution >= 0.6 is 0 Å². The minimum atomic E-state index is 0.466. The molecule has 1 aromatic carbocycles. The first-order chi connectivity index (χ1) is 8.31. The minimum Gasteiger partial charge on any atom is -0.496 e. The van der Waals surface area contributed by atoms with Gasteiger partial charge in [0, 0.05) is 17.8 Å². The van der Waals surface area contributed by atoms with Crippen LogP contribution < -0.4 is 15.8 Å². The summed E-state index contributed by atoms with van der Waals surface area (Å²) in [7, 11) is 1.74. The summed E-state index contributed by atoms with van der Waals surface area (Å²) in [6, 6.07) is 2.48. The predicted molar refractivity (Wildman–Crippen MR) is 69.4 cm³/mol. The highest BCUT2D eigenvalue weighted by Crippen LogP contribution is 2.41. The Morgan fingerprint density at radius 1 is 1.29 bits per heavy atom. The van der Waals surface area contributed by atoms with E-state index in [0.29, 0.717) is 6.04 Å². The van der Waals surface area contributed by atoms with E-state index in [-0.39, 0.29) is 0 Å². The molecule has 1 atom stereocenters. The van der Waals surface area contributed by atoms with Gasteiger partial charge in [-0.05, 0) is 55.3 Å². The van der Waals surface area contributed by atoms with Gasteiger partial charge in [-0.15, -0.1) is 0 Å². The van der Waals surface area contributed by atoms with Gasteiger partial charge >= 0.3 is 0 Å². The number of nitrogens with two attached hydrogens (primary N) is 1. The molecule has 0 saturated carbocycles. The molecule has 1 fully saturated rings. The van der Waals surface area contributed by atoms with Gasteiger partial charge in [0.1, 0.15) is 5.75 Å². The Bertz CT molecular complexity index is 436. The van der Waals surface area contributed by atoms with Gasteiger partial charge in [0.15, 0.2) is 0 Å². The number of anilines is 1. The van der Waals surface area contributed by atoms with Crippen LogP contribution in [-0.4, -0.2) is 13.7 Å². The Morgan fingerprint density at radius 2 is 2.12 bits per heavy atom. The molecule has 0 radical (unpaired) electrons. The Morgan fingerprint density at radius 3 is 2.82 bits per heavy atom. The van der Waals surface area contributed by atoms with Gasteiger partial charge in [-0.25, -0.2) is 0 Å². The quantitative estimate of drug-likeness (QED) is 0.768. The Kier molecular flexibility index (Phi) is 2.71. The molecule has 0 amide bonds. The number of nitrogens with one attached hydrogen (secondary N) is 1. The van der Waals surface area contributed by atoms with Crippen LogP contribution in [0.3, 0.4) is 0 Å². The van der Waals surface area contributed by atoms with E-state index < -0.39 is 0 Å². The van der Waals surface area contributed by atoms with E-state index in [4.69, 9.17) is 10.5 Å². The number of ether oxygens (including phenoxy) is 1. The van der Waals surface area contributed by atoms with Gasteiger partial charge in [-0.2, -0.15) is 0 Å². The lowest BCUT2D eigenvalue weighted by molar-refractivity contribution is 0.410. The van der Waals surface area contributed by atoms with Gasteiger partial charge < -0.3 is 15.8 Å². The van der Waals surface area contributed by atoms with Crippen molar-refractivity contribution in [2.75, 3.05) is 19.4 Å². The average Bonchev–Trinajstić information content (AvgIpc) is 2.97. The molecule has 2 aliphatic rings. The van der Waals surface area contributed by atoms with Crippen molar-refractivity contribution in [3.8, 4) is 5.75 Å². The lowest BCUT2D eigenvalue weighted by Gasteiger charge is -2.20. The third-order valence-electron chi connectivity index (χ3n) is 4.07. The van der Waals surface area contributed by atoms with Crippen molar-refractivity contribution in [3.63, 3.8) is 0 Å². The second kappa shape index (κ2) is 4.22. The molecule has 1 aromatic rings. The summed E-state index contributed by atoms with van der Waals surface area (Å²) in [4.78, 5) is 0. The number of nitrogen functional groups attached to an aromatic ring is 1. The number of rotatable bonds is 2. The molecular formula is C14H20N2O. The summed E-state index contributed by atoms with van der Waals surface area (Å²) in [5.41, 5.74) is 11.3. The first-order valence-corrected chi connectivity index (χ1v) is 6.52. The van der Waals surface area contributed by atoms with Crippen LogP contribution in [0.2, 0.25) is 0 Å². The SMILES string of the molecule is COc1cc(N)c([C@@H]2CCCN2)c2c1CCC2. The molecule has 1 saturated heterocycles. The second-order valence-electron chi connectivity index (χ2n) is 5.04. The van der Waals surface area contributed by atoms with Gasteiger partial charge in [0.05, 0.1) is 7.11 Å². The molecule has 3 rings (SSSR count). The maximum atomic E-state index is 6.23. The number of benzene rings is 1. The first kappa shape index (κ1) is 10.9. The molecule has 17 heavy (non-hydrogen) atoms. The Hall–Kier alpha value is -1.22.